The van der Waals surface area contributed by atoms with Gasteiger partial charge in [-0.05, 0) is 43.9 Å². The van der Waals surface area contributed by atoms with Crippen LogP contribution in [0.25, 0.3) is 0 Å². The lowest BCUT2D eigenvalue weighted by Gasteiger charge is -2.29. The second-order valence-electron chi connectivity index (χ2n) is 4.93. The Balaban J connectivity index is 2.50. The lowest BCUT2D eigenvalue weighted by Crippen LogP contribution is -2.48. The summed E-state index contributed by atoms with van der Waals surface area (Å²) in [5.41, 5.74) is 5.90. The quantitative estimate of drug-likeness (QED) is 0.804. The molecule has 1 fully saturated rings. The zero-order valence-electron chi connectivity index (χ0n) is 12.1. The number of hydrogen-bond donors (Lipinski definition) is 1. The van der Waals surface area contributed by atoms with Crippen LogP contribution in [0.1, 0.15) is 25.3 Å². The van der Waals surface area contributed by atoms with Crippen LogP contribution in [0.15, 0.2) is 18.2 Å². The van der Waals surface area contributed by atoms with Gasteiger partial charge in [0.15, 0.2) is 0 Å². The third kappa shape index (κ3) is 2.45. The number of ether oxygens (including phenoxy) is 3. The molecule has 1 saturated carbocycles. The van der Waals surface area contributed by atoms with E-state index in [1.165, 1.54) is 0 Å². The van der Waals surface area contributed by atoms with Crippen LogP contribution < -0.4 is 15.2 Å². The summed E-state index contributed by atoms with van der Waals surface area (Å²) in [5.74, 6) is 0.894. The monoisotopic (exact) mass is 279 g/mol. The molecule has 1 aliphatic carbocycles. The molecule has 1 aromatic rings. The van der Waals surface area contributed by atoms with Crippen LogP contribution in [-0.4, -0.2) is 26.8 Å². The minimum atomic E-state index is -1.17. The van der Waals surface area contributed by atoms with Crippen molar-refractivity contribution < 1.29 is 19.0 Å². The van der Waals surface area contributed by atoms with Crippen LogP contribution >= 0.6 is 0 Å². The molecule has 0 amide bonds. The smallest absolute Gasteiger partial charge is 0.331 e. The SMILES string of the molecule is CCOC(=O)C(N)(c1cc(OC)ccc1OC)C1CC1. The average Bonchev–Trinajstić information content (AvgIpc) is 3.30. The molecule has 2 N–H and O–H groups in total. The molecule has 5 nitrogen and oxygen atoms in total. The summed E-state index contributed by atoms with van der Waals surface area (Å²) in [7, 11) is 3.13. The third-order valence-corrected chi connectivity index (χ3v) is 3.69. The summed E-state index contributed by atoms with van der Waals surface area (Å²) in [6.07, 6.45) is 1.82. The van der Waals surface area contributed by atoms with Gasteiger partial charge in [-0.3, -0.25) is 0 Å². The molecule has 110 valence electrons. The molecule has 5 heteroatoms. The molecule has 0 aliphatic heterocycles. The number of carbonyl (C=O) groups is 1. The van der Waals surface area contributed by atoms with Crippen molar-refractivity contribution in [3.8, 4) is 11.5 Å². The van der Waals surface area contributed by atoms with Crippen molar-refractivity contribution in [2.45, 2.75) is 25.3 Å². The summed E-state index contributed by atoms with van der Waals surface area (Å²) < 4.78 is 15.8. The predicted molar refractivity (Wildman–Crippen MR) is 74.8 cm³/mol. The first-order valence-electron chi connectivity index (χ1n) is 6.76. The highest BCUT2D eigenvalue weighted by molar-refractivity contribution is 5.84. The zero-order valence-corrected chi connectivity index (χ0v) is 12.1. The van der Waals surface area contributed by atoms with E-state index in [1.54, 1.807) is 39.3 Å². The lowest BCUT2D eigenvalue weighted by molar-refractivity contribution is -0.151. The topological polar surface area (TPSA) is 70.8 Å². The van der Waals surface area contributed by atoms with Gasteiger partial charge in [0.1, 0.15) is 17.0 Å². The Kier molecular flexibility index (Phi) is 4.18. The Hall–Kier alpha value is -1.75. The lowest BCUT2D eigenvalue weighted by atomic mass is 9.85. The van der Waals surface area contributed by atoms with Crippen molar-refractivity contribution in [3.05, 3.63) is 23.8 Å². The molecular formula is C15H21NO4. The van der Waals surface area contributed by atoms with Gasteiger partial charge >= 0.3 is 5.97 Å². The van der Waals surface area contributed by atoms with E-state index in [-0.39, 0.29) is 5.92 Å². The molecule has 2 rings (SSSR count). The van der Waals surface area contributed by atoms with E-state index in [1.807, 2.05) is 0 Å². The molecule has 0 heterocycles. The first-order valence-corrected chi connectivity index (χ1v) is 6.76. The van der Waals surface area contributed by atoms with Crippen LogP contribution in [0.4, 0.5) is 0 Å². The summed E-state index contributed by atoms with van der Waals surface area (Å²) in [6, 6.07) is 5.30. The van der Waals surface area contributed by atoms with Crippen LogP contribution in [0.3, 0.4) is 0 Å². The van der Waals surface area contributed by atoms with E-state index in [0.717, 1.165) is 12.8 Å². The molecule has 0 spiro atoms. The summed E-state index contributed by atoms with van der Waals surface area (Å²) in [4.78, 5) is 12.4. The highest BCUT2D eigenvalue weighted by Gasteiger charge is 2.52. The molecule has 1 unspecified atom stereocenters. The van der Waals surface area contributed by atoms with Crippen molar-refractivity contribution in [1.29, 1.82) is 0 Å². The van der Waals surface area contributed by atoms with E-state index in [4.69, 9.17) is 19.9 Å². The Morgan fingerprint density at radius 2 is 2.05 bits per heavy atom. The second-order valence-corrected chi connectivity index (χ2v) is 4.93. The average molecular weight is 279 g/mol. The Labute approximate surface area is 119 Å². The summed E-state index contributed by atoms with van der Waals surface area (Å²) >= 11 is 0. The van der Waals surface area contributed by atoms with Gasteiger partial charge < -0.3 is 19.9 Å². The molecule has 20 heavy (non-hydrogen) atoms. The fourth-order valence-corrected chi connectivity index (χ4v) is 2.42. The van der Waals surface area contributed by atoms with Gasteiger partial charge in [-0.25, -0.2) is 4.79 Å². The van der Waals surface area contributed by atoms with E-state index < -0.39 is 11.5 Å². The van der Waals surface area contributed by atoms with Crippen molar-refractivity contribution in [3.63, 3.8) is 0 Å². The molecule has 0 aromatic heterocycles. The van der Waals surface area contributed by atoms with Crippen LogP contribution in [0, 0.1) is 5.92 Å². The standard InChI is InChI=1S/C15H21NO4/c1-4-20-14(17)15(16,10-5-6-10)12-9-11(18-2)7-8-13(12)19-3/h7-10H,4-6,16H2,1-3H3. The Morgan fingerprint density at radius 1 is 1.35 bits per heavy atom. The molecule has 0 saturated heterocycles. The van der Waals surface area contributed by atoms with Gasteiger partial charge in [0.2, 0.25) is 0 Å². The van der Waals surface area contributed by atoms with Crippen molar-refractivity contribution >= 4 is 5.97 Å². The summed E-state index contributed by atoms with van der Waals surface area (Å²) in [5, 5.41) is 0. The Bertz CT molecular complexity index is 499. The van der Waals surface area contributed by atoms with Crippen molar-refractivity contribution in [2.75, 3.05) is 20.8 Å². The highest BCUT2D eigenvalue weighted by Crippen LogP contribution is 2.48. The maximum absolute atomic E-state index is 12.4. The second kappa shape index (κ2) is 5.71. The number of hydrogen-bond acceptors (Lipinski definition) is 5. The van der Waals surface area contributed by atoms with Crippen molar-refractivity contribution in [1.82, 2.24) is 0 Å². The maximum atomic E-state index is 12.4. The van der Waals surface area contributed by atoms with Gasteiger partial charge in [0.25, 0.3) is 0 Å². The van der Waals surface area contributed by atoms with Gasteiger partial charge in [0, 0.05) is 5.56 Å². The number of methoxy groups -OCH3 is 2. The van der Waals surface area contributed by atoms with Gasteiger partial charge in [0.05, 0.1) is 20.8 Å². The number of rotatable bonds is 6. The molecule has 0 bridgehead atoms. The molecule has 1 aliphatic rings. The zero-order chi connectivity index (χ0) is 14.8. The number of benzene rings is 1. The van der Waals surface area contributed by atoms with Crippen LogP contribution in [0.5, 0.6) is 11.5 Å². The Morgan fingerprint density at radius 3 is 2.55 bits per heavy atom. The van der Waals surface area contributed by atoms with Crippen molar-refractivity contribution in [2.24, 2.45) is 11.7 Å². The van der Waals surface area contributed by atoms with E-state index in [9.17, 15) is 4.79 Å². The predicted octanol–water partition coefficient (Wildman–Crippen LogP) is 1.83. The van der Waals surface area contributed by atoms with Crippen LogP contribution in [-0.2, 0) is 15.1 Å². The maximum Gasteiger partial charge on any atom is 0.331 e. The molecule has 1 atom stereocenters. The fourth-order valence-electron chi connectivity index (χ4n) is 2.42. The first kappa shape index (κ1) is 14.7. The highest BCUT2D eigenvalue weighted by atomic mass is 16.5. The molecular weight excluding hydrogens is 258 g/mol. The van der Waals surface area contributed by atoms with E-state index in [0.29, 0.717) is 23.7 Å². The first-order chi connectivity index (χ1) is 9.57. The minimum Gasteiger partial charge on any atom is -0.497 e. The number of carbonyl (C=O) groups excluding carboxylic acids is 1. The van der Waals surface area contributed by atoms with Crippen LogP contribution in [0.2, 0.25) is 0 Å². The molecule has 0 radical (unpaired) electrons. The normalized spacial score (nSPS) is 17.2. The van der Waals surface area contributed by atoms with E-state index >= 15 is 0 Å². The third-order valence-electron chi connectivity index (χ3n) is 3.69. The summed E-state index contributed by atoms with van der Waals surface area (Å²) in [6.45, 7) is 2.07. The fraction of sp³-hybridized carbons (Fsp3) is 0.533. The largest absolute Gasteiger partial charge is 0.497 e. The number of nitrogens with two attached hydrogens (primary N) is 1. The van der Waals surface area contributed by atoms with Gasteiger partial charge in [-0.15, -0.1) is 0 Å². The minimum absolute atomic E-state index is 0.0857. The molecule has 1 aromatic carbocycles. The van der Waals surface area contributed by atoms with Gasteiger partial charge in [-0.2, -0.15) is 0 Å². The van der Waals surface area contributed by atoms with Gasteiger partial charge in [-0.1, -0.05) is 0 Å². The van der Waals surface area contributed by atoms with E-state index in [2.05, 4.69) is 0 Å². The number of esters is 1.